The second-order valence-corrected chi connectivity index (χ2v) is 3.32. The molecule has 0 saturated carbocycles. The summed E-state index contributed by atoms with van der Waals surface area (Å²) in [6, 6.07) is 0. The molecule has 1 rings (SSSR count). The lowest BCUT2D eigenvalue weighted by atomic mass is 9.80. The highest BCUT2D eigenvalue weighted by Crippen LogP contribution is 2.30. The number of carbonyl (C=O) groups excluding carboxylic acids is 1. The van der Waals surface area contributed by atoms with Crippen molar-refractivity contribution in [2.75, 3.05) is 26.4 Å². The lowest BCUT2D eigenvalue weighted by Gasteiger charge is -2.33. The van der Waals surface area contributed by atoms with Crippen LogP contribution >= 0.6 is 12.4 Å². The zero-order valence-electron chi connectivity index (χ0n) is 8.45. The van der Waals surface area contributed by atoms with E-state index in [1.165, 1.54) is 0 Å². The molecule has 0 aromatic rings. The first-order valence-corrected chi connectivity index (χ1v) is 4.70. The monoisotopic (exact) mass is 223 g/mol. The molecule has 0 aromatic carbocycles. The Morgan fingerprint density at radius 1 is 1.50 bits per heavy atom. The average Bonchev–Trinajstić information content (AvgIpc) is 2.19. The van der Waals surface area contributed by atoms with Crippen molar-refractivity contribution in [1.29, 1.82) is 0 Å². The predicted molar refractivity (Wildman–Crippen MR) is 55.4 cm³/mol. The van der Waals surface area contributed by atoms with E-state index in [4.69, 9.17) is 15.2 Å². The van der Waals surface area contributed by atoms with Gasteiger partial charge in [0.05, 0.1) is 12.0 Å². The number of esters is 1. The first kappa shape index (κ1) is 13.7. The SMILES string of the molecule is CCOC(=O)C1(CN)CCOCC1.Cl. The molecule has 84 valence electrons. The summed E-state index contributed by atoms with van der Waals surface area (Å²) >= 11 is 0. The van der Waals surface area contributed by atoms with Gasteiger partial charge >= 0.3 is 5.97 Å². The molecule has 0 unspecified atom stereocenters. The molecule has 1 saturated heterocycles. The van der Waals surface area contributed by atoms with Crippen LogP contribution in [0.5, 0.6) is 0 Å². The third-order valence-electron chi connectivity index (χ3n) is 2.55. The second kappa shape index (κ2) is 6.22. The fourth-order valence-electron chi connectivity index (χ4n) is 1.54. The lowest BCUT2D eigenvalue weighted by Crippen LogP contribution is -2.44. The van der Waals surface area contributed by atoms with Gasteiger partial charge in [0.2, 0.25) is 0 Å². The number of halogens is 1. The summed E-state index contributed by atoms with van der Waals surface area (Å²) in [6.07, 6.45) is 1.37. The Balaban J connectivity index is 0.00000169. The van der Waals surface area contributed by atoms with Gasteiger partial charge in [-0.2, -0.15) is 0 Å². The third-order valence-corrected chi connectivity index (χ3v) is 2.55. The molecule has 0 spiro atoms. The zero-order chi connectivity index (χ0) is 9.73. The third kappa shape index (κ3) is 2.83. The largest absolute Gasteiger partial charge is 0.466 e. The molecule has 0 aromatic heterocycles. The highest BCUT2D eigenvalue weighted by atomic mass is 35.5. The number of ether oxygens (including phenoxy) is 2. The normalized spacial score (nSPS) is 19.6. The van der Waals surface area contributed by atoms with E-state index in [-0.39, 0.29) is 18.4 Å². The number of rotatable bonds is 3. The first-order valence-electron chi connectivity index (χ1n) is 4.70. The first-order chi connectivity index (χ1) is 6.25. The van der Waals surface area contributed by atoms with Crippen molar-refractivity contribution in [2.45, 2.75) is 19.8 Å². The van der Waals surface area contributed by atoms with Crippen LogP contribution in [0.15, 0.2) is 0 Å². The quantitative estimate of drug-likeness (QED) is 0.717. The Kier molecular flexibility index (Phi) is 6.08. The molecule has 1 aliphatic rings. The fourth-order valence-corrected chi connectivity index (χ4v) is 1.54. The van der Waals surface area contributed by atoms with Crippen molar-refractivity contribution in [1.82, 2.24) is 0 Å². The van der Waals surface area contributed by atoms with Crippen LogP contribution in [-0.4, -0.2) is 32.3 Å². The van der Waals surface area contributed by atoms with Gasteiger partial charge in [0.25, 0.3) is 0 Å². The minimum atomic E-state index is -0.478. The van der Waals surface area contributed by atoms with Crippen molar-refractivity contribution < 1.29 is 14.3 Å². The summed E-state index contributed by atoms with van der Waals surface area (Å²) in [5, 5.41) is 0. The van der Waals surface area contributed by atoms with Gasteiger partial charge in [-0.25, -0.2) is 0 Å². The fraction of sp³-hybridized carbons (Fsp3) is 0.889. The van der Waals surface area contributed by atoms with Crippen LogP contribution in [0.25, 0.3) is 0 Å². The molecule has 4 nitrogen and oxygen atoms in total. The van der Waals surface area contributed by atoms with E-state index in [9.17, 15) is 4.79 Å². The highest BCUT2D eigenvalue weighted by molar-refractivity contribution is 5.85. The summed E-state index contributed by atoms with van der Waals surface area (Å²) in [6.45, 7) is 3.80. The summed E-state index contributed by atoms with van der Waals surface area (Å²) < 4.78 is 10.2. The molecular formula is C9H18ClNO3. The molecular weight excluding hydrogens is 206 g/mol. The number of hydrogen-bond acceptors (Lipinski definition) is 4. The number of nitrogens with two attached hydrogens (primary N) is 1. The molecule has 2 N–H and O–H groups in total. The van der Waals surface area contributed by atoms with Crippen LogP contribution in [-0.2, 0) is 14.3 Å². The van der Waals surface area contributed by atoms with E-state index < -0.39 is 5.41 Å². The summed E-state index contributed by atoms with van der Waals surface area (Å²) in [4.78, 5) is 11.6. The van der Waals surface area contributed by atoms with Crippen LogP contribution in [0.3, 0.4) is 0 Å². The second-order valence-electron chi connectivity index (χ2n) is 3.32. The Morgan fingerprint density at radius 2 is 2.07 bits per heavy atom. The van der Waals surface area contributed by atoms with Crippen LogP contribution in [0, 0.1) is 5.41 Å². The van der Waals surface area contributed by atoms with E-state index in [1.807, 2.05) is 0 Å². The smallest absolute Gasteiger partial charge is 0.313 e. The molecule has 0 atom stereocenters. The van der Waals surface area contributed by atoms with Crippen LogP contribution < -0.4 is 5.73 Å². The topological polar surface area (TPSA) is 61.5 Å². The minimum Gasteiger partial charge on any atom is -0.466 e. The van der Waals surface area contributed by atoms with Crippen molar-refractivity contribution in [3.63, 3.8) is 0 Å². The van der Waals surface area contributed by atoms with Crippen molar-refractivity contribution >= 4 is 18.4 Å². The van der Waals surface area contributed by atoms with Gasteiger partial charge in [-0.15, -0.1) is 12.4 Å². The van der Waals surface area contributed by atoms with Crippen LogP contribution in [0.1, 0.15) is 19.8 Å². The van der Waals surface area contributed by atoms with Gasteiger partial charge in [-0.3, -0.25) is 4.79 Å². The van der Waals surface area contributed by atoms with E-state index >= 15 is 0 Å². The highest BCUT2D eigenvalue weighted by Gasteiger charge is 2.40. The van der Waals surface area contributed by atoms with Gasteiger partial charge in [0, 0.05) is 19.8 Å². The average molecular weight is 224 g/mol. The molecule has 14 heavy (non-hydrogen) atoms. The zero-order valence-corrected chi connectivity index (χ0v) is 9.27. The molecule has 1 aliphatic heterocycles. The minimum absolute atomic E-state index is 0. The Morgan fingerprint density at radius 3 is 2.50 bits per heavy atom. The van der Waals surface area contributed by atoms with E-state index in [1.54, 1.807) is 6.92 Å². The molecule has 1 fully saturated rings. The summed E-state index contributed by atoms with van der Waals surface area (Å²) in [5.41, 5.74) is 5.14. The molecule has 1 heterocycles. The number of hydrogen-bond donors (Lipinski definition) is 1. The molecule has 0 bridgehead atoms. The standard InChI is InChI=1S/C9H17NO3.ClH/c1-2-13-8(11)9(7-10)3-5-12-6-4-9;/h2-7,10H2,1H3;1H. The molecule has 0 amide bonds. The number of carbonyl (C=O) groups is 1. The predicted octanol–water partition coefficient (Wildman–Crippen LogP) is 0.727. The Bertz CT molecular complexity index is 181. The summed E-state index contributed by atoms with van der Waals surface area (Å²) in [7, 11) is 0. The van der Waals surface area contributed by atoms with Crippen molar-refractivity contribution in [3.05, 3.63) is 0 Å². The maximum atomic E-state index is 11.6. The van der Waals surface area contributed by atoms with Gasteiger partial charge in [0.1, 0.15) is 0 Å². The van der Waals surface area contributed by atoms with E-state index in [0.717, 1.165) is 0 Å². The van der Waals surface area contributed by atoms with Gasteiger partial charge < -0.3 is 15.2 Å². The Hall–Kier alpha value is -0.320. The Labute approximate surface area is 90.5 Å². The van der Waals surface area contributed by atoms with Crippen molar-refractivity contribution in [2.24, 2.45) is 11.1 Å². The van der Waals surface area contributed by atoms with Crippen molar-refractivity contribution in [3.8, 4) is 0 Å². The maximum Gasteiger partial charge on any atom is 0.313 e. The van der Waals surface area contributed by atoms with Gasteiger partial charge in [-0.1, -0.05) is 0 Å². The van der Waals surface area contributed by atoms with E-state index in [0.29, 0.717) is 39.2 Å². The lowest BCUT2D eigenvalue weighted by molar-refractivity contribution is -0.160. The van der Waals surface area contributed by atoms with Gasteiger partial charge in [-0.05, 0) is 19.8 Å². The van der Waals surface area contributed by atoms with Crippen LogP contribution in [0.4, 0.5) is 0 Å². The maximum absolute atomic E-state index is 11.6. The molecule has 0 aliphatic carbocycles. The van der Waals surface area contributed by atoms with Crippen LogP contribution in [0.2, 0.25) is 0 Å². The van der Waals surface area contributed by atoms with E-state index in [2.05, 4.69) is 0 Å². The molecule has 0 radical (unpaired) electrons. The summed E-state index contributed by atoms with van der Waals surface area (Å²) in [5.74, 6) is -0.166. The van der Waals surface area contributed by atoms with Gasteiger partial charge in [0.15, 0.2) is 0 Å². The molecule has 5 heteroatoms.